The second kappa shape index (κ2) is 6.96. The molecule has 0 aromatic heterocycles. The molecule has 1 N–H and O–H groups in total. The average Bonchev–Trinajstić information content (AvgIpc) is 2.66. The number of ketones is 1. The van der Waals surface area contributed by atoms with Crippen LogP contribution in [0.3, 0.4) is 0 Å². The molecule has 0 amide bonds. The largest absolute Gasteiger partial charge is 0.510 e. The van der Waals surface area contributed by atoms with Crippen LogP contribution in [0, 0.1) is 6.92 Å². The topological polar surface area (TPSA) is 65.0 Å². The summed E-state index contributed by atoms with van der Waals surface area (Å²) >= 11 is 3.75. The number of rotatable bonds is 1. The number of halogens is 1. The number of aryl methyl sites for hydroxylation is 1. The molecule has 0 fully saturated rings. The van der Waals surface area contributed by atoms with Gasteiger partial charge in [0.05, 0.1) is 22.5 Å². The third-order valence-electron chi connectivity index (χ3n) is 6.56. The molecule has 0 spiro atoms. The Morgan fingerprint density at radius 3 is 2.26 bits per heavy atom. The van der Waals surface area contributed by atoms with Gasteiger partial charge in [0, 0.05) is 21.0 Å². The van der Waals surface area contributed by atoms with E-state index in [1.54, 1.807) is 7.11 Å². The fraction of sp³-hybridized carbons (Fsp3) is 0.542. The summed E-state index contributed by atoms with van der Waals surface area (Å²) in [5.41, 5.74) is 2.30. The molecule has 31 heavy (non-hydrogen) atoms. The first-order valence-corrected chi connectivity index (χ1v) is 13.3. The maximum Gasteiger partial charge on any atom is 0.471 e. The van der Waals surface area contributed by atoms with Crippen molar-refractivity contribution in [2.45, 2.75) is 77.5 Å². The first-order valence-electron chi connectivity index (χ1n) is 10.7. The summed E-state index contributed by atoms with van der Waals surface area (Å²) in [6, 6.07) is 2.05. The van der Waals surface area contributed by atoms with E-state index < -0.39 is 14.7 Å². The van der Waals surface area contributed by atoms with Gasteiger partial charge in [0.1, 0.15) is 23.4 Å². The zero-order valence-electron chi connectivity index (χ0n) is 19.5. The van der Waals surface area contributed by atoms with Crippen molar-refractivity contribution < 1.29 is 23.5 Å². The van der Waals surface area contributed by atoms with E-state index in [9.17, 15) is 9.90 Å². The Hall–Kier alpha value is -1.57. The molecule has 4 rings (SSSR count). The average molecular weight is 507 g/mol. The Labute approximate surface area is 193 Å². The smallest absolute Gasteiger partial charge is 0.471 e. The standard InChI is InChI=1S/C24H31BrO5Si/c1-12-11-14-17-21(16-13(20(14)28-8)9-10-15(26)19(16)27)29-31(23(2,3)4,24(5,6)7)30-22(17)18(12)25/h11,15,26H,9-10H2,1-8H3/t15-/m0/s1. The van der Waals surface area contributed by atoms with Crippen LogP contribution in [0.5, 0.6) is 17.2 Å². The molecule has 7 heteroatoms. The summed E-state index contributed by atoms with van der Waals surface area (Å²) in [6.07, 6.45) is -0.0922. The quantitative estimate of drug-likeness (QED) is 0.464. The summed E-state index contributed by atoms with van der Waals surface area (Å²) in [7, 11) is -1.39. The maximum atomic E-state index is 13.3. The molecule has 5 nitrogen and oxygen atoms in total. The van der Waals surface area contributed by atoms with E-state index in [1.165, 1.54) is 0 Å². The molecule has 1 atom stereocenters. The highest BCUT2D eigenvalue weighted by atomic mass is 79.9. The van der Waals surface area contributed by atoms with E-state index in [-0.39, 0.29) is 15.9 Å². The lowest BCUT2D eigenvalue weighted by molar-refractivity contribution is 0.0708. The fourth-order valence-electron chi connectivity index (χ4n) is 5.26. The lowest BCUT2D eigenvalue weighted by atomic mass is 9.84. The zero-order valence-corrected chi connectivity index (χ0v) is 22.1. The van der Waals surface area contributed by atoms with Gasteiger partial charge in [-0.3, -0.25) is 4.79 Å². The van der Waals surface area contributed by atoms with Gasteiger partial charge in [-0.2, -0.15) is 0 Å². The Kier molecular flexibility index (Phi) is 5.08. The molecule has 1 heterocycles. The SMILES string of the molecule is COc1c2c(c3c4c(c(Br)c(C)cc14)O[Si](C(C)(C)C)(C(C)(C)C)O3)C(=O)[C@@H](O)CC2. The number of carbonyl (C=O) groups is 1. The molecule has 0 saturated carbocycles. The molecule has 1 aliphatic heterocycles. The number of methoxy groups -OCH3 is 1. The summed E-state index contributed by atoms with van der Waals surface area (Å²) in [5, 5.41) is 11.5. The van der Waals surface area contributed by atoms with E-state index in [1.807, 2.05) is 6.92 Å². The number of fused-ring (bicyclic) bond motifs is 2. The van der Waals surface area contributed by atoms with Gasteiger partial charge in [0.2, 0.25) is 0 Å². The number of aliphatic hydroxyl groups excluding tert-OH is 1. The summed E-state index contributed by atoms with van der Waals surface area (Å²) in [5.74, 6) is 1.63. The minimum Gasteiger partial charge on any atom is -0.510 e. The summed E-state index contributed by atoms with van der Waals surface area (Å²) < 4.78 is 20.5. The van der Waals surface area contributed by atoms with Crippen LogP contribution in [0.15, 0.2) is 10.5 Å². The van der Waals surface area contributed by atoms with Gasteiger partial charge in [0.15, 0.2) is 5.78 Å². The number of aliphatic hydroxyl groups is 1. The zero-order chi connectivity index (χ0) is 23.1. The summed E-state index contributed by atoms with van der Waals surface area (Å²) in [6.45, 7) is 14.9. The highest BCUT2D eigenvalue weighted by Crippen LogP contribution is 2.60. The Bertz CT molecular complexity index is 1100. The minimum atomic E-state index is -3.01. The van der Waals surface area contributed by atoms with Crippen molar-refractivity contribution in [2.75, 3.05) is 7.11 Å². The molecule has 0 saturated heterocycles. The van der Waals surface area contributed by atoms with E-state index in [2.05, 4.69) is 63.5 Å². The number of ether oxygens (including phenoxy) is 1. The van der Waals surface area contributed by atoms with E-state index >= 15 is 0 Å². The van der Waals surface area contributed by atoms with Crippen LogP contribution in [0.25, 0.3) is 10.8 Å². The maximum absolute atomic E-state index is 13.3. The third kappa shape index (κ3) is 2.99. The molecule has 1 aliphatic carbocycles. The highest BCUT2D eigenvalue weighted by Gasteiger charge is 2.64. The second-order valence-corrected chi connectivity index (χ2v) is 16.1. The Balaban J connectivity index is 2.21. The van der Waals surface area contributed by atoms with E-state index in [4.69, 9.17) is 13.6 Å². The van der Waals surface area contributed by atoms with Crippen molar-refractivity contribution >= 4 is 41.0 Å². The van der Waals surface area contributed by atoms with Crippen molar-refractivity contribution in [3.63, 3.8) is 0 Å². The van der Waals surface area contributed by atoms with Gasteiger partial charge in [0.25, 0.3) is 0 Å². The van der Waals surface area contributed by atoms with Crippen LogP contribution in [0.2, 0.25) is 10.1 Å². The number of benzene rings is 2. The molecule has 2 aromatic carbocycles. The summed E-state index contributed by atoms with van der Waals surface area (Å²) in [4.78, 5) is 13.3. The Morgan fingerprint density at radius 2 is 1.71 bits per heavy atom. The second-order valence-electron chi connectivity index (χ2n) is 10.7. The monoisotopic (exact) mass is 506 g/mol. The molecule has 2 aliphatic rings. The van der Waals surface area contributed by atoms with Crippen molar-refractivity contribution in [2.24, 2.45) is 0 Å². The molecule has 0 bridgehead atoms. The first-order chi connectivity index (χ1) is 14.2. The highest BCUT2D eigenvalue weighted by molar-refractivity contribution is 9.10. The first kappa shape index (κ1) is 22.6. The molecule has 168 valence electrons. The van der Waals surface area contributed by atoms with Gasteiger partial charge in [-0.05, 0) is 47.3 Å². The lowest BCUT2D eigenvalue weighted by Gasteiger charge is -2.51. The van der Waals surface area contributed by atoms with Crippen LogP contribution in [0.1, 0.15) is 69.4 Å². The number of Topliss-reactive ketones (excluding diaryl/α,β-unsaturated/α-hetero) is 1. The molecule has 0 unspecified atom stereocenters. The van der Waals surface area contributed by atoms with Crippen molar-refractivity contribution in [3.05, 3.63) is 27.2 Å². The third-order valence-corrected chi connectivity index (χ3v) is 12.5. The predicted octanol–water partition coefficient (Wildman–Crippen LogP) is 6.22. The van der Waals surface area contributed by atoms with E-state index in [0.29, 0.717) is 35.7 Å². The predicted molar refractivity (Wildman–Crippen MR) is 128 cm³/mol. The number of hydrogen-bond acceptors (Lipinski definition) is 5. The molecular weight excluding hydrogens is 476 g/mol. The normalized spacial score (nSPS) is 20.2. The minimum absolute atomic E-state index is 0.290. The van der Waals surface area contributed by atoms with Gasteiger partial charge in [-0.25, -0.2) is 0 Å². The lowest BCUT2D eigenvalue weighted by Crippen LogP contribution is -2.63. The fourth-order valence-corrected chi connectivity index (χ4v) is 10.3. The van der Waals surface area contributed by atoms with Gasteiger partial charge in [-0.15, -0.1) is 0 Å². The van der Waals surface area contributed by atoms with Crippen LogP contribution in [-0.2, 0) is 6.42 Å². The van der Waals surface area contributed by atoms with Crippen LogP contribution in [0.4, 0.5) is 0 Å². The van der Waals surface area contributed by atoms with Crippen molar-refractivity contribution in [3.8, 4) is 17.2 Å². The van der Waals surface area contributed by atoms with Gasteiger partial charge < -0.3 is 18.7 Å². The van der Waals surface area contributed by atoms with Crippen molar-refractivity contribution in [1.29, 1.82) is 0 Å². The van der Waals surface area contributed by atoms with Crippen LogP contribution >= 0.6 is 15.9 Å². The van der Waals surface area contributed by atoms with Crippen LogP contribution < -0.4 is 13.6 Å². The van der Waals surface area contributed by atoms with E-state index in [0.717, 1.165) is 26.4 Å². The molecule has 2 aromatic rings. The van der Waals surface area contributed by atoms with Gasteiger partial charge in [-0.1, -0.05) is 41.5 Å². The van der Waals surface area contributed by atoms with Crippen LogP contribution in [-0.4, -0.2) is 32.7 Å². The molecular formula is C24H31BrO5Si. The molecule has 0 radical (unpaired) electrons. The number of carbonyl (C=O) groups excluding carboxylic acids is 1. The van der Waals surface area contributed by atoms with Crippen molar-refractivity contribution in [1.82, 2.24) is 0 Å². The number of hydrogen-bond donors (Lipinski definition) is 1. The van der Waals surface area contributed by atoms with Gasteiger partial charge >= 0.3 is 8.56 Å². The Morgan fingerprint density at radius 1 is 1.13 bits per heavy atom.